The number of hydrogen-bond donors (Lipinski definition) is 1. The molecule has 2 heterocycles. The maximum atomic E-state index is 15.3. The lowest BCUT2D eigenvalue weighted by atomic mass is 9.82. The summed E-state index contributed by atoms with van der Waals surface area (Å²) < 4.78 is 82.7. The van der Waals surface area contributed by atoms with Crippen molar-refractivity contribution in [3.8, 4) is 0 Å². The largest absolute Gasteiger partial charge is 0.416 e. The molecule has 1 aliphatic rings. The molecule has 2 aromatic carbocycles. The maximum absolute atomic E-state index is 15.3. The SMILES string of the molecule is CN(C)[C@@]1(CCc2cccc(C(F)(F)F)c2)CCCN(c2cc(F)c(S(=O)(=O)Nc3ccncn3)c(Cl)c2)C1. The summed E-state index contributed by atoms with van der Waals surface area (Å²) in [6.45, 7) is 1.04. The second kappa shape index (κ2) is 11.3. The number of sulfonamides is 1. The lowest BCUT2D eigenvalue weighted by molar-refractivity contribution is -0.137. The molecule has 39 heavy (non-hydrogen) atoms. The first-order valence-electron chi connectivity index (χ1n) is 12.2. The summed E-state index contributed by atoms with van der Waals surface area (Å²) in [5.41, 5.74) is -0.0839. The van der Waals surface area contributed by atoms with Gasteiger partial charge in [-0.3, -0.25) is 4.72 Å². The summed E-state index contributed by atoms with van der Waals surface area (Å²) in [6, 6.07) is 9.20. The second-order valence-electron chi connectivity index (χ2n) is 9.78. The van der Waals surface area contributed by atoms with Crippen molar-refractivity contribution in [3.05, 3.63) is 77.0 Å². The van der Waals surface area contributed by atoms with Gasteiger partial charge in [-0.15, -0.1) is 0 Å². The Kier molecular flexibility index (Phi) is 8.38. The third kappa shape index (κ3) is 6.62. The van der Waals surface area contributed by atoms with Gasteiger partial charge in [-0.2, -0.15) is 13.2 Å². The molecular weight excluding hydrogens is 558 g/mol. The Labute approximate surface area is 229 Å². The summed E-state index contributed by atoms with van der Waals surface area (Å²) in [5, 5.41) is -0.281. The number of halogens is 5. The highest BCUT2D eigenvalue weighted by Gasteiger charge is 2.38. The molecule has 210 valence electrons. The molecule has 7 nitrogen and oxygen atoms in total. The fourth-order valence-corrected chi connectivity index (χ4v) is 6.57. The molecule has 1 N–H and O–H groups in total. The number of rotatable bonds is 8. The van der Waals surface area contributed by atoms with Crippen molar-refractivity contribution in [3.63, 3.8) is 0 Å². The zero-order valence-corrected chi connectivity index (χ0v) is 22.9. The van der Waals surface area contributed by atoms with Crippen LogP contribution in [-0.2, 0) is 22.6 Å². The molecule has 0 spiro atoms. The molecule has 0 saturated carbocycles. The lowest BCUT2D eigenvalue weighted by Gasteiger charge is -2.48. The molecule has 1 atom stereocenters. The van der Waals surface area contributed by atoms with E-state index in [-0.39, 0.29) is 10.8 Å². The van der Waals surface area contributed by atoms with Crippen LogP contribution in [0.3, 0.4) is 0 Å². The van der Waals surface area contributed by atoms with E-state index in [4.69, 9.17) is 11.6 Å². The van der Waals surface area contributed by atoms with Crippen LogP contribution in [0.4, 0.5) is 29.1 Å². The monoisotopic (exact) mass is 585 g/mol. The van der Waals surface area contributed by atoms with Crippen molar-refractivity contribution >= 4 is 33.1 Å². The summed E-state index contributed by atoms with van der Waals surface area (Å²) in [7, 11) is -0.537. The number of alkyl halides is 3. The van der Waals surface area contributed by atoms with E-state index in [1.54, 1.807) is 6.07 Å². The van der Waals surface area contributed by atoms with E-state index in [9.17, 15) is 21.6 Å². The van der Waals surface area contributed by atoms with E-state index >= 15 is 4.39 Å². The van der Waals surface area contributed by atoms with E-state index in [0.717, 1.165) is 31.3 Å². The van der Waals surface area contributed by atoms with Crippen LogP contribution >= 0.6 is 11.6 Å². The van der Waals surface area contributed by atoms with Crippen LogP contribution < -0.4 is 9.62 Å². The van der Waals surface area contributed by atoms with Crippen molar-refractivity contribution in [2.45, 2.75) is 42.3 Å². The summed E-state index contributed by atoms with van der Waals surface area (Å²) in [6.07, 6.45) is 0.617. The molecule has 1 aliphatic heterocycles. The summed E-state index contributed by atoms with van der Waals surface area (Å²) in [5.74, 6) is -1.04. The molecule has 3 aromatic rings. The van der Waals surface area contributed by atoms with Crippen molar-refractivity contribution in [1.29, 1.82) is 0 Å². The van der Waals surface area contributed by atoms with E-state index < -0.39 is 38.0 Å². The fraction of sp³-hybridized carbons (Fsp3) is 0.385. The van der Waals surface area contributed by atoms with Gasteiger partial charge in [0.05, 0.1) is 10.6 Å². The third-order valence-electron chi connectivity index (χ3n) is 7.08. The van der Waals surface area contributed by atoms with Gasteiger partial charge < -0.3 is 9.80 Å². The highest BCUT2D eigenvalue weighted by atomic mass is 35.5. The van der Waals surface area contributed by atoms with Crippen molar-refractivity contribution in [1.82, 2.24) is 14.9 Å². The van der Waals surface area contributed by atoms with Crippen LogP contribution in [0.1, 0.15) is 30.4 Å². The Morgan fingerprint density at radius 3 is 2.59 bits per heavy atom. The minimum atomic E-state index is -4.41. The maximum Gasteiger partial charge on any atom is 0.416 e. The number of likely N-dealkylation sites (N-methyl/N-ethyl adjacent to an activating group) is 1. The Hall–Kier alpha value is -2.96. The number of anilines is 2. The van der Waals surface area contributed by atoms with Crippen LogP contribution in [-0.4, -0.2) is 56.0 Å². The second-order valence-corrected chi connectivity index (χ2v) is 11.8. The Morgan fingerprint density at radius 2 is 1.95 bits per heavy atom. The fourth-order valence-electron chi connectivity index (χ4n) is 4.93. The quantitative estimate of drug-likeness (QED) is 0.346. The normalized spacial score (nSPS) is 18.4. The Balaban J connectivity index is 1.56. The van der Waals surface area contributed by atoms with E-state index in [2.05, 4.69) is 19.6 Å². The average molecular weight is 586 g/mol. The molecule has 4 rings (SSSR count). The average Bonchev–Trinajstić information content (AvgIpc) is 2.87. The lowest BCUT2D eigenvalue weighted by Crippen LogP contribution is -2.56. The van der Waals surface area contributed by atoms with Gasteiger partial charge in [0.1, 0.15) is 22.9 Å². The van der Waals surface area contributed by atoms with Gasteiger partial charge in [0, 0.05) is 30.5 Å². The van der Waals surface area contributed by atoms with Gasteiger partial charge in [-0.25, -0.2) is 22.8 Å². The highest BCUT2D eigenvalue weighted by Crippen LogP contribution is 2.37. The first-order chi connectivity index (χ1) is 18.3. The molecule has 1 aromatic heterocycles. The smallest absolute Gasteiger partial charge is 0.370 e. The van der Waals surface area contributed by atoms with Gasteiger partial charge >= 0.3 is 6.18 Å². The Bertz CT molecular complexity index is 1400. The van der Waals surface area contributed by atoms with Crippen LogP contribution in [0.2, 0.25) is 5.02 Å². The predicted octanol–water partition coefficient (Wildman–Crippen LogP) is 5.62. The molecule has 13 heteroatoms. The Morgan fingerprint density at radius 1 is 1.18 bits per heavy atom. The first kappa shape index (κ1) is 29.0. The standard InChI is InChI=1S/C26H28ClF4N5O2S/c1-35(2)25(10-7-18-5-3-6-19(13-18)26(29,30)31)9-4-12-36(16-25)20-14-21(27)24(22(28)15-20)39(37,38)34-23-8-11-32-17-33-23/h3,5-6,8,11,13-15,17H,4,7,9-10,12,16H2,1-2H3,(H,32,33,34)/t25-/m1/s1. The molecule has 0 amide bonds. The molecule has 0 aliphatic carbocycles. The molecule has 1 fully saturated rings. The number of aromatic nitrogens is 2. The van der Waals surface area contributed by atoms with Gasteiger partial charge in [-0.05, 0) is 69.6 Å². The number of hydrogen-bond acceptors (Lipinski definition) is 6. The topological polar surface area (TPSA) is 78.4 Å². The van der Waals surface area contributed by atoms with Crippen LogP contribution in [0.5, 0.6) is 0 Å². The van der Waals surface area contributed by atoms with E-state index in [0.29, 0.717) is 37.2 Å². The first-order valence-corrected chi connectivity index (χ1v) is 14.0. The van der Waals surface area contributed by atoms with Crippen LogP contribution in [0.25, 0.3) is 0 Å². The molecule has 0 unspecified atom stereocenters. The van der Waals surface area contributed by atoms with Crippen molar-refractivity contribution < 1.29 is 26.0 Å². The van der Waals surface area contributed by atoms with E-state index in [1.165, 1.54) is 30.5 Å². The van der Waals surface area contributed by atoms with Gasteiger partial charge in [0.25, 0.3) is 10.0 Å². The zero-order valence-electron chi connectivity index (χ0n) is 21.3. The number of nitrogens with zero attached hydrogens (tertiary/aromatic N) is 4. The van der Waals surface area contributed by atoms with Gasteiger partial charge in [-0.1, -0.05) is 29.8 Å². The minimum Gasteiger partial charge on any atom is -0.370 e. The molecular formula is C26H28ClF4N5O2S. The third-order valence-corrected chi connectivity index (χ3v) is 8.92. The van der Waals surface area contributed by atoms with Crippen LogP contribution in [0.15, 0.2) is 59.9 Å². The zero-order chi connectivity index (χ0) is 28.4. The molecule has 1 saturated heterocycles. The molecule has 0 bridgehead atoms. The van der Waals surface area contributed by atoms with Gasteiger partial charge in [0.15, 0.2) is 0 Å². The number of nitrogens with one attached hydrogen (secondary N) is 1. The number of aryl methyl sites for hydroxylation is 1. The van der Waals surface area contributed by atoms with Crippen molar-refractivity contribution in [2.75, 3.05) is 36.8 Å². The molecule has 0 radical (unpaired) electrons. The number of benzene rings is 2. The highest BCUT2D eigenvalue weighted by molar-refractivity contribution is 7.92. The van der Waals surface area contributed by atoms with Crippen LogP contribution in [0, 0.1) is 5.82 Å². The number of piperidine rings is 1. The minimum absolute atomic E-state index is 0.0305. The van der Waals surface area contributed by atoms with E-state index in [1.807, 2.05) is 19.0 Å². The van der Waals surface area contributed by atoms with Gasteiger partial charge in [0.2, 0.25) is 0 Å². The predicted molar refractivity (Wildman–Crippen MR) is 142 cm³/mol. The summed E-state index contributed by atoms with van der Waals surface area (Å²) in [4.78, 5) is 10.8. The summed E-state index contributed by atoms with van der Waals surface area (Å²) >= 11 is 6.31. The van der Waals surface area contributed by atoms with Crippen molar-refractivity contribution in [2.24, 2.45) is 0 Å².